The molecule has 0 atom stereocenters. The molecule has 0 spiro atoms. The van der Waals surface area contributed by atoms with Crippen molar-refractivity contribution < 1.29 is 9.59 Å². The van der Waals surface area contributed by atoms with Gasteiger partial charge in [-0.15, -0.1) is 0 Å². The van der Waals surface area contributed by atoms with Gasteiger partial charge in [0.1, 0.15) is 0 Å². The molecular formula is C20H36N4O2. The standard InChI is InChI=1S/C20H36N4O2/c25-19(7-6-16-8-12-21-13-9-16)22-18-10-14-24(15-11-18)20(26)23-17-4-2-1-3-5-17/h16-18,21H,1-15H2,(H,22,25)(H,23,26). The second-order valence-corrected chi connectivity index (χ2v) is 8.35. The van der Waals surface area contributed by atoms with Crippen molar-refractivity contribution in [1.29, 1.82) is 0 Å². The largest absolute Gasteiger partial charge is 0.353 e. The number of piperidine rings is 2. The third kappa shape index (κ3) is 6.15. The predicted octanol–water partition coefficient (Wildman–Crippen LogP) is 2.39. The van der Waals surface area contributed by atoms with Gasteiger partial charge in [-0.3, -0.25) is 4.79 Å². The summed E-state index contributed by atoms with van der Waals surface area (Å²) in [5.41, 5.74) is 0. The first-order valence-electron chi connectivity index (χ1n) is 10.8. The van der Waals surface area contributed by atoms with Crippen LogP contribution in [0.5, 0.6) is 0 Å². The van der Waals surface area contributed by atoms with Gasteiger partial charge < -0.3 is 20.9 Å². The molecule has 2 saturated heterocycles. The van der Waals surface area contributed by atoms with Crippen LogP contribution in [0.1, 0.15) is 70.6 Å². The van der Waals surface area contributed by atoms with Crippen molar-refractivity contribution >= 4 is 11.9 Å². The van der Waals surface area contributed by atoms with E-state index < -0.39 is 0 Å². The Bertz CT molecular complexity index is 451. The molecule has 148 valence electrons. The van der Waals surface area contributed by atoms with Crippen LogP contribution in [0.3, 0.4) is 0 Å². The molecule has 3 N–H and O–H groups in total. The Hall–Kier alpha value is -1.30. The van der Waals surface area contributed by atoms with Crippen LogP contribution in [0.25, 0.3) is 0 Å². The summed E-state index contributed by atoms with van der Waals surface area (Å²) in [6, 6.07) is 0.686. The lowest BCUT2D eigenvalue weighted by molar-refractivity contribution is -0.122. The average molecular weight is 365 g/mol. The zero-order valence-electron chi connectivity index (χ0n) is 16.1. The molecule has 0 aromatic rings. The van der Waals surface area contributed by atoms with Gasteiger partial charge in [0.2, 0.25) is 5.91 Å². The number of hydrogen-bond donors (Lipinski definition) is 3. The predicted molar refractivity (Wildman–Crippen MR) is 103 cm³/mol. The number of likely N-dealkylation sites (tertiary alicyclic amines) is 1. The highest BCUT2D eigenvalue weighted by Crippen LogP contribution is 2.19. The molecule has 6 heteroatoms. The first kappa shape index (κ1) is 19.5. The number of carbonyl (C=O) groups excluding carboxylic acids is 2. The summed E-state index contributed by atoms with van der Waals surface area (Å²) in [4.78, 5) is 26.5. The molecular weight excluding hydrogens is 328 g/mol. The molecule has 0 aromatic heterocycles. The molecule has 6 nitrogen and oxygen atoms in total. The van der Waals surface area contributed by atoms with Crippen molar-refractivity contribution in [2.75, 3.05) is 26.2 Å². The van der Waals surface area contributed by atoms with Gasteiger partial charge in [0, 0.05) is 31.6 Å². The molecule has 1 aliphatic carbocycles. The molecule has 3 amide bonds. The molecule has 2 aliphatic heterocycles. The van der Waals surface area contributed by atoms with E-state index in [0.717, 1.165) is 58.3 Å². The maximum atomic E-state index is 12.4. The summed E-state index contributed by atoms with van der Waals surface area (Å²) in [6.07, 6.45) is 11.8. The number of urea groups is 1. The van der Waals surface area contributed by atoms with E-state index in [2.05, 4.69) is 16.0 Å². The highest BCUT2D eigenvalue weighted by molar-refractivity contribution is 5.76. The van der Waals surface area contributed by atoms with E-state index in [1.807, 2.05) is 4.90 Å². The van der Waals surface area contributed by atoms with Crippen molar-refractivity contribution in [3.05, 3.63) is 0 Å². The number of carbonyl (C=O) groups is 2. The third-order valence-corrected chi connectivity index (χ3v) is 6.32. The fraction of sp³-hybridized carbons (Fsp3) is 0.900. The van der Waals surface area contributed by atoms with Gasteiger partial charge in [-0.05, 0) is 64.0 Å². The van der Waals surface area contributed by atoms with Gasteiger partial charge in [-0.25, -0.2) is 4.79 Å². The lowest BCUT2D eigenvalue weighted by Crippen LogP contribution is -2.51. The zero-order valence-corrected chi connectivity index (χ0v) is 16.1. The Morgan fingerprint density at radius 2 is 1.50 bits per heavy atom. The molecule has 3 fully saturated rings. The Kier molecular flexibility index (Phi) is 7.59. The molecule has 2 heterocycles. The van der Waals surface area contributed by atoms with Crippen LogP contribution in [-0.2, 0) is 4.79 Å². The lowest BCUT2D eigenvalue weighted by atomic mass is 9.93. The zero-order chi connectivity index (χ0) is 18.2. The smallest absolute Gasteiger partial charge is 0.317 e. The summed E-state index contributed by atoms with van der Waals surface area (Å²) >= 11 is 0. The van der Waals surface area contributed by atoms with Crippen LogP contribution < -0.4 is 16.0 Å². The second kappa shape index (κ2) is 10.1. The summed E-state index contributed by atoms with van der Waals surface area (Å²) in [7, 11) is 0. The van der Waals surface area contributed by atoms with Crippen LogP contribution in [-0.4, -0.2) is 55.1 Å². The maximum absolute atomic E-state index is 12.4. The summed E-state index contributed by atoms with van der Waals surface area (Å²) in [5, 5.41) is 9.75. The molecule has 3 aliphatic rings. The van der Waals surface area contributed by atoms with Crippen LogP contribution in [0.4, 0.5) is 4.79 Å². The molecule has 26 heavy (non-hydrogen) atoms. The summed E-state index contributed by atoms with van der Waals surface area (Å²) < 4.78 is 0. The average Bonchev–Trinajstić information content (AvgIpc) is 2.68. The fourth-order valence-electron chi connectivity index (χ4n) is 4.55. The van der Waals surface area contributed by atoms with E-state index in [4.69, 9.17) is 0 Å². The highest BCUT2D eigenvalue weighted by atomic mass is 16.2. The van der Waals surface area contributed by atoms with Crippen molar-refractivity contribution in [2.24, 2.45) is 5.92 Å². The van der Waals surface area contributed by atoms with Gasteiger partial charge in [0.05, 0.1) is 0 Å². The number of nitrogens with zero attached hydrogens (tertiary/aromatic N) is 1. The maximum Gasteiger partial charge on any atom is 0.317 e. The Balaban J connectivity index is 1.30. The van der Waals surface area contributed by atoms with Crippen molar-refractivity contribution in [3.8, 4) is 0 Å². The van der Waals surface area contributed by atoms with Crippen LogP contribution in [0, 0.1) is 5.92 Å². The normalized spacial score (nSPS) is 23.6. The first-order valence-corrected chi connectivity index (χ1v) is 10.8. The molecule has 0 bridgehead atoms. The topological polar surface area (TPSA) is 73.5 Å². The van der Waals surface area contributed by atoms with Crippen LogP contribution in [0.15, 0.2) is 0 Å². The molecule has 1 saturated carbocycles. The fourth-order valence-corrected chi connectivity index (χ4v) is 4.55. The van der Waals surface area contributed by atoms with E-state index in [1.54, 1.807) is 0 Å². The lowest BCUT2D eigenvalue weighted by Gasteiger charge is -2.34. The van der Waals surface area contributed by atoms with Gasteiger partial charge in [0.25, 0.3) is 0 Å². The van der Waals surface area contributed by atoms with E-state index in [-0.39, 0.29) is 18.0 Å². The van der Waals surface area contributed by atoms with E-state index in [9.17, 15) is 9.59 Å². The number of nitrogens with one attached hydrogen (secondary N) is 3. The Morgan fingerprint density at radius 1 is 0.846 bits per heavy atom. The summed E-state index contributed by atoms with van der Waals surface area (Å²) in [6.45, 7) is 3.68. The van der Waals surface area contributed by atoms with Gasteiger partial charge in [-0.1, -0.05) is 19.3 Å². The van der Waals surface area contributed by atoms with Crippen LogP contribution >= 0.6 is 0 Å². The quantitative estimate of drug-likeness (QED) is 0.701. The monoisotopic (exact) mass is 364 g/mol. The number of hydrogen-bond acceptors (Lipinski definition) is 3. The Labute approximate surface area is 157 Å². The Morgan fingerprint density at radius 3 is 2.19 bits per heavy atom. The van der Waals surface area contributed by atoms with Crippen molar-refractivity contribution in [2.45, 2.75) is 82.7 Å². The highest BCUT2D eigenvalue weighted by Gasteiger charge is 2.26. The molecule has 0 aromatic carbocycles. The number of amides is 3. The first-order chi connectivity index (χ1) is 12.7. The molecule has 3 rings (SSSR count). The molecule has 0 unspecified atom stereocenters. The number of rotatable bonds is 5. The van der Waals surface area contributed by atoms with Gasteiger partial charge >= 0.3 is 6.03 Å². The third-order valence-electron chi connectivity index (χ3n) is 6.32. The van der Waals surface area contributed by atoms with E-state index >= 15 is 0 Å². The minimum absolute atomic E-state index is 0.0904. The van der Waals surface area contributed by atoms with Crippen LogP contribution in [0.2, 0.25) is 0 Å². The SMILES string of the molecule is O=C(CCC1CCNCC1)NC1CCN(C(=O)NC2CCCCC2)CC1. The van der Waals surface area contributed by atoms with E-state index in [1.165, 1.54) is 32.1 Å². The van der Waals surface area contributed by atoms with Gasteiger partial charge in [0.15, 0.2) is 0 Å². The molecule has 0 radical (unpaired) electrons. The minimum atomic E-state index is 0.0904. The second-order valence-electron chi connectivity index (χ2n) is 8.35. The van der Waals surface area contributed by atoms with Gasteiger partial charge in [-0.2, -0.15) is 0 Å². The summed E-state index contributed by atoms with van der Waals surface area (Å²) in [5.74, 6) is 0.890. The van der Waals surface area contributed by atoms with E-state index in [0.29, 0.717) is 18.4 Å². The van der Waals surface area contributed by atoms with Crippen molar-refractivity contribution in [1.82, 2.24) is 20.9 Å². The van der Waals surface area contributed by atoms with Crippen molar-refractivity contribution in [3.63, 3.8) is 0 Å². The minimum Gasteiger partial charge on any atom is -0.353 e.